The van der Waals surface area contributed by atoms with Crippen molar-refractivity contribution < 1.29 is 4.48 Å². The quantitative estimate of drug-likeness (QED) is 0.0264. The Balaban J connectivity index is 0. The van der Waals surface area contributed by atoms with Gasteiger partial charge in [0.2, 0.25) is 0 Å². The summed E-state index contributed by atoms with van der Waals surface area (Å²) in [5, 5.41) is 8.47. The number of nitrogens with zero attached hydrogens (tertiary/aromatic N) is 2. The predicted molar refractivity (Wildman–Crippen MR) is 272 cm³/mol. The molecule has 0 aliphatic rings. The van der Waals surface area contributed by atoms with Crippen molar-refractivity contribution >= 4 is 12.6 Å². The van der Waals surface area contributed by atoms with Gasteiger partial charge in [0.05, 0.1) is 26.7 Å². The Labute approximate surface area is 381 Å². The van der Waals surface area contributed by atoms with Crippen LogP contribution in [0.2, 0.25) is 0 Å². The van der Waals surface area contributed by atoms with Crippen LogP contribution in [-0.2, 0) is 12.6 Å². The summed E-state index contributed by atoms with van der Waals surface area (Å²) in [7, 11) is 2.64. The molecule has 0 aromatic carbocycles. The molecule has 0 aliphatic carbocycles. The Bertz CT molecular complexity index is 673. The van der Waals surface area contributed by atoms with E-state index in [2.05, 4.69) is 40.4 Å². The topological polar surface area (TPSA) is 23.8 Å². The van der Waals surface area contributed by atoms with E-state index in [1.54, 1.807) is 0 Å². The molecular formula is C56H114N2S. The van der Waals surface area contributed by atoms with Crippen LogP contribution in [0.4, 0.5) is 0 Å². The third-order valence-electron chi connectivity index (χ3n) is 13.7. The second-order valence-electron chi connectivity index (χ2n) is 19.8. The van der Waals surface area contributed by atoms with Gasteiger partial charge in [-0.1, -0.05) is 296 Å². The lowest BCUT2D eigenvalue weighted by Gasteiger charge is -2.35. The molecule has 0 aliphatic heterocycles. The van der Waals surface area contributed by atoms with Crippen molar-refractivity contribution in [1.82, 2.24) is 0 Å². The zero-order chi connectivity index (χ0) is 43.3. The zero-order valence-corrected chi connectivity index (χ0v) is 42.7. The number of rotatable bonds is 51. The summed E-state index contributed by atoms with van der Waals surface area (Å²) in [6.45, 7) is 11.3. The van der Waals surface area contributed by atoms with Crippen molar-refractivity contribution in [3.8, 4) is 5.40 Å². The van der Waals surface area contributed by atoms with E-state index in [1.165, 1.54) is 338 Å². The lowest BCUT2D eigenvalue weighted by atomic mass is 10.0. The normalized spacial score (nSPS) is 11.5. The standard InChI is InChI=1S/C55H114N.CHNS/c1-5-8-11-14-17-20-23-26-29-32-35-38-41-44-47-50-53-56(4,54-51-48-45-42-39-36-33-30-27-24-21-18-15-12-9-6-2)55-52-49-46-43-40-37-34-31-28-25-22-19-16-13-10-7-3;2-1-3/h5-55H2,1-4H3;3H/q+1;/p-1. The molecule has 0 saturated carbocycles. The Morgan fingerprint density at radius 3 is 0.475 bits per heavy atom. The highest BCUT2D eigenvalue weighted by Gasteiger charge is 2.20. The minimum absolute atomic E-state index is 1.33. The van der Waals surface area contributed by atoms with Crippen LogP contribution in [0.15, 0.2) is 0 Å². The average molecular weight is 848 g/mol. The maximum Gasteiger partial charge on any atom is 0.0784 e. The van der Waals surface area contributed by atoms with Gasteiger partial charge in [0.1, 0.15) is 0 Å². The zero-order valence-electron chi connectivity index (χ0n) is 41.9. The lowest BCUT2D eigenvalue weighted by molar-refractivity contribution is -0.910. The molecule has 354 valence electrons. The van der Waals surface area contributed by atoms with Crippen LogP contribution in [0.3, 0.4) is 0 Å². The SMILES string of the molecule is CCCCCCCCCCCCCCCCCC[N+](C)(CCCCCCCCCCCCCCCCCC)CCCCCCCCCCCCCCCCCC.N#C[S-]. The highest BCUT2D eigenvalue weighted by atomic mass is 32.1. The first-order valence-electron chi connectivity index (χ1n) is 27.9. The fourth-order valence-corrected chi connectivity index (χ4v) is 9.46. The molecule has 3 heteroatoms. The highest BCUT2D eigenvalue weighted by molar-refractivity contribution is 7.64. The molecule has 0 rings (SSSR count). The summed E-state index contributed by atoms with van der Waals surface area (Å²) < 4.78 is 1.37. The van der Waals surface area contributed by atoms with Gasteiger partial charge in [-0.25, -0.2) is 5.26 Å². The molecule has 0 saturated heterocycles. The molecule has 0 N–H and O–H groups in total. The Kier molecular flexibility index (Phi) is 57.3. The Hall–Kier alpha value is -0.330. The van der Waals surface area contributed by atoms with Crippen LogP contribution in [0.25, 0.3) is 0 Å². The molecule has 0 aromatic rings. The van der Waals surface area contributed by atoms with Gasteiger partial charge in [-0.15, -0.1) is 0 Å². The molecule has 0 spiro atoms. The van der Waals surface area contributed by atoms with Crippen LogP contribution < -0.4 is 0 Å². The summed E-state index contributed by atoms with van der Waals surface area (Å²) in [5.41, 5.74) is 0. The van der Waals surface area contributed by atoms with Gasteiger partial charge in [-0.2, -0.15) is 0 Å². The molecule has 0 unspecified atom stereocenters. The number of hydrogen-bond acceptors (Lipinski definition) is 2. The van der Waals surface area contributed by atoms with Gasteiger partial charge < -0.3 is 17.1 Å². The van der Waals surface area contributed by atoms with E-state index in [-0.39, 0.29) is 0 Å². The second kappa shape index (κ2) is 55.7. The molecule has 0 aromatic heterocycles. The summed E-state index contributed by atoms with van der Waals surface area (Å²) in [4.78, 5) is 0. The fourth-order valence-electron chi connectivity index (χ4n) is 9.46. The Morgan fingerprint density at radius 2 is 0.356 bits per heavy atom. The first-order chi connectivity index (χ1) is 29.1. The monoisotopic (exact) mass is 847 g/mol. The number of quaternary nitrogens is 1. The smallest absolute Gasteiger partial charge is 0.0784 e. The summed E-state index contributed by atoms with van der Waals surface area (Å²) >= 11 is 3.70. The van der Waals surface area contributed by atoms with Crippen molar-refractivity contribution in [3.63, 3.8) is 0 Å². The first-order valence-corrected chi connectivity index (χ1v) is 28.4. The molecule has 0 bridgehead atoms. The van der Waals surface area contributed by atoms with Crippen molar-refractivity contribution in [2.75, 3.05) is 26.7 Å². The van der Waals surface area contributed by atoms with E-state index in [9.17, 15) is 0 Å². The minimum atomic E-state index is 1.33. The molecule has 0 radical (unpaired) electrons. The van der Waals surface area contributed by atoms with E-state index in [0.717, 1.165) is 0 Å². The molecule has 0 heterocycles. The average Bonchev–Trinajstić information content (AvgIpc) is 3.23. The summed E-state index contributed by atoms with van der Waals surface area (Å²) in [6, 6.07) is 0. The maximum absolute atomic E-state index is 7.13. The summed E-state index contributed by atoms with van der Waals surface area (Å²) in [6.07, 6.45) is 70.7. The van der Waals surface area contributed by atoms with Gasteiger partial charge in [0.25, 0.3) is 0 Å². The van der Waals surface area contributed by atoms with Gasteiger partial charge in [-0.3, -0.25) is 0 Å². The number of hydrogen-bond donors (Lipinski definition) is 0. The molecule has 0 amide bonds. The lowest BCUT2D eigenvalue weighted by Crippen LogP contribution is -2.46. The molecule has 2 nitrogen and oxygen atoms in total. The van der Waals surface area contributed by atoms with Crippen LogP contribution in [0.5, 0.6) is 0 Å². The third kappa shape index (κ3) is 55.7. The largest absolute Gasteiger partial charge is 0.696 e. The fraction of sp³-hybridized carbons (Fsp3) is 0.982. The summed E-state index contributed by atoms with van der Waals surface area (Å²) in [5.74, 6) is 0. The van der Waals surface area contributed by atoms with Gasteiger partial charge >= 0.3 is 0 Å². The predicted octanol–water partition coefficient (Wildman–Crippen LogP) is 20.2. The van der Waals surface area contributed by atoms with Crippen LogP contribution in [0, 0.1) is 10.7 Å². The van der Waals surface area contributed by atoms with E-state index < -0.39 is 0 Å². The molecular weight excluding hydrogens is 733 g/mol. The van der Waals surface area contributed by atoms with Gasteiger partial charge in [-0.05, 0) is 38.5 Å². The number of unbranched alkanes of at least 4 members (excludes halogenated alkanes) is 45. The third-order valence-corrected chi connectivity index (χ3v) is 13.7. The van der Waals surface area contributed by atoms with E-state index in [4.69, 9.17) is 5.26 Å². The maximum atomic E-state index is 7.13. The van der Waals surface area contributed by atoms with E-state index in [0.29, 0.717) is 0 Å². The van der Waals surface area contributed by atoms with Gasteiger partial charge in [0.15, 0.2) is 0 Å². The van der Waals surface area contributed by atoms with Crippen LogP contribution in [0.1, 0.15) is 329 Å². The van der Waals surface area contributed by atoms with E-state index in [1.807, 2.05) is 0 Å². The number of nitriles is 1. The molecule has 0 fully saturated rings. The van der Waals surface area contributed by atoms with Crippen molar-refractivity contribution in [2.45, 2.75) is 329 Å². The molecule has 59 heavy (non-hydrogen) atoms. The minimum Gasteiger partial charge on any atom is -0.696 e. The van der Waals surface area contributed by atoms with Crippen molar-refractivity contribution in [1.29, 1.82) is 5.26 Å². The van der Waals surface area contributed by atoms with Crippen molar-refractivity contribution in [3.05, 3.63) is 0 Å². The van der Waals surface area contributed by atoms with Crippen LogP contribution in [-0.4, -0.2) is 31.2 Å². The Morgan fingerprint density at radius 1 is 0.254 bits per heavy atom. The van der Waals surface area contributed by atoms with Crippen LogP contribution >= 0.6 is 0 Å². The van der Waals surface area contributed by atoms with Gasteiger partial charge in [0, 0.05) is 0 Å². The number of thiocyanates is 1. The molecule has 0 atom stereocenters. The highest BCUT2D eigenvalue weighted by Crippen LogP contribution is 2.19. The second-order valence-corrected chi connectivity index (χ2v) is 20.0. The van der Waals surface area contributed by atoms with E-state index >= 15 is 0 Å². The first kappa shape index (κ1) is 60.8. The van der Waals surface area contributed by atoms with Crippen molar-refractivity contribution in [2.24, 2.45) is 0 Å².